The Morgan fingerprint density at radius 2 is 1.79 bits per heavy atom. The van der Waals surface area contributed by atoms with Crippen LogP contribution in [-0.2, 0) is 14.6 Å². The molecule has 1 saturated carbocycles. The molecule has 0 bridgehead atoms. The summed E-state index contributed by atoms with van der Waals surface area (Å²) in [5, 5.41) is 9.44. The van der Waals surface area contributed by atoms with Crippen LogP contribution >= 0.6 is 11.6 Å². The maximum absolute atomic E-state index is 12.6. The van der Waals surface area contributed by atoms with Crippen LogP contribution in [0, 0.1) is 5.41 Å². The molecule has 0 amide bonds. The Kier molecular flexibility index (Phi) is 3.18. The van der Waals surface area contributed by atoms with Crippen molar-refractivity contribution < 1.29 is 18.3 Å². The Labute approximate surface area is 117 Å². The quantitative estimate of drug-likeness (QED) is 0.932. The molecule has 0 radical (unpaired) electrons. The molecule has 1 N–H and O–H groups in total. The van der Waals surface area contributed by atoms with Gasteiger partial charge in [0.05, 0.1) is 9.92 Å². The summed E-state index contributed by atoms with van der Waals surface area (Å²) in [6, 6.07) is 5.96. The summed E-state index contributed by atoms with van der Waals surface area (Å²) in [5.41, 5.74) is -0.285. The molecule has 4 nitrogen and oxygen atoms in total. The van der Waals surface area contributed by atoms with Crippen LogP contribution in [0.15, 0.2) is 29.2 Å². The van der Waals surface area contributed by atoms with E-state index in [1.807, 2.05) is 13.8 Å². The number of hydrogen-bond donors (Lipinski definition) is 1. The maximum Gasteiger partial charge on any atom is 0.325 e. The van der Waals surface area contributed by atoms with E-state index in [-0.39, 0.29) is 28.2 Å². The molecule has 1 aromatic carbocycles. The van der Waals surface area contributed by atoms with Crippen LogP contribution in [-0.4, -0.2) is 24.2 Å². The second-order valence-electron chi connectivity index (χ2n) is 5.75. The van der Waals surface area contributed by atoms with Gasteiger partial charge >= 0.3 is 5.97 Å². The van der Waals surface area contributed by atoms with Crippen molar-refractivity contribution >= 4 is 27.4 Å². The van der Waals surface area contributed by atoms with E-state index in [0.29, 0.717) is 0 Å². The highest BCUT2D eigenvalue weighted by Gasteiger charge is 2.63. The second kappa shape index (κ2) is 4.21. The van der Waals surface area contributed by atoms with Gasteiger partial charge in [-0.25, -0.2) is 8.42 Å². The Bertz CT molecular complexity index is 626. The van der Waals surface area contributed by atoms with Gasteiger partial charge in [0.25, 0.3) is 0 Å². The van der Waals surface area contributed by atoms with Crippen LogP contribution in [0.25, 0.3) is 0 Å². The SMILES string of the molecule is CC1(C)CC(C(=O)O)(S(=O)(=O)c2ccccc2Cl)C1. The van der Waals surface area contributed by atoms with Gasteiger partial charge in [-0.05, 0) is 30.4 Å². The zero-order valence-corrected chi connectivity index (χ0v) is 12.3. The first-order valence-corrected chi connectivity index (χ1v) is 7.71. The van der Waals surface area contributed by atoms with Crippen molar-refractivity contribution in [2.75, 3.05) is 0 Å². The molecular weight excluding hydrogens is 288 g/mol. The van der Waals surface area contributed by atoms with E-state index < -0.39 is 20.6 Å². The van der Waals surface area contributed by atoms with Crippen molar-refractivity contribution in [3.8, 4) is 0 Å². The fraction of sp³-hybridized carbons (Fsp3) is 0.462. The van der Waals surface area contributed by atoms with Crippen molar-refractivity contribution in [1.82, 2.24) is 0 Å². The molecule has 6 heteroatoms. The standard InChI is InChI=1S/C13H15ClO4S/c1-12(2)7-13(8-12,11(15)16)19(17,18)10-6-4-3-5-9(10)14/h3-6H,7-8H2,1-2H3,(H,15,16). The summed E-state index contributed by atoms with van der Waals surface area (Å²) >= 11 is 5.90. The predicted molar refractivity (Wildman–Crippen MR) is 72.0 cm³/mol. The number of carboxylic acid groups (broad SMARTS) is 1. The topological polar surface area (TPSA) is 71.4 Å². The molecule has 0 heterocycles. The Hall–Kier alpha value is -1.07. The zero-order valence-electron chi connectivity index (χ0n) is 10.7. The van der Waals surface area contributed by atoms with E-state index in [4.69, 9.17) is 11.6 Å². The third-order valence-corrected chi connectivity index (χ3v) is 6.43. The van der Waals surface area contributed by atoms with Crippen molar-refractivity contribution in [2.24, 2.45) is 5.41 Å². The van der Waals surface area contributed by atoms with Crippen LogP contribution < -0.4 is 0 Å². The monoisotopic (exact) mass is 302 g/mol. The van der Waals surface area contributed by atoms with Gasteiger partial charge in [0, 0.05) is 0 Å². The first-order valence-electron chi connectivity index (χ1n) is 5.85. The number of halogens is 1. The molecule has 0 aromatic heterocycles. The number of carbonyl (C=O) groups is 1. The maximum atomic E-state index is 12.6. The fourth-order valence-electron chi connectivity index (χ4n) is 2.82. The van der Waals surface area contributed by atoms with Gasteiger partial charge in [-0.3, -0.25) is 4.79 Å². The lowest BCUT2D eigenvalue weighted by atomic mass is 9.64. The summed E-state index contributed by atoms with van der Waals surface area (Å²) in [6.07, 6.45) is 0.200. The minimum absolute atomic E-state index is 0.0628. The normalized spacial score (nSPS) is 20.6. The molecule has 1 aliphatic carbocycles. The molecule has 104 valence electrons. The third-order valence-electron chi connectivity index (χ3n) is 3.56. The van der Waals surface area contributed by atoms with Gasteiger partial charge in [0.2, 0.25) is 0 Å². The lowest BCUT2D eigenvalue weighted by Crippen LogP contribution is -2.59. The second-order valence-corrected chi connectivity index (χ2v) is 8.39. The van der Waals surface area contributed by atoms with Crippen LogP contribution in [0.1, 0.15) is 26.7 Å². The van der Waals surface area contributed by atoms with Crippen molar-refractivity contribution in [3.63, 3.8) is 0 Å². The predicted octanol–water partition coefficient (Wildman–Crippen LogP) is 2.76. The molecule has 0 aliphatic heterocycles. The zero-order chi connectivity index (χ0) is 14.5. The summed E-state index contributed by atoms with van der Waals surface area (Å²) in [7, 11) is -4.00. The lowest BCUT2D eigenvalue weighted by Gasteiger charge is -2.49. The average Bonchev–Trinajstić information content (AvgIpc) is 2.25. The Morgan fingerprint density at radius 1 is 1.26 bits per heavy atom. The highest BCUT2D eigenvalue weighted by Crippen LogP contribution is 2.54. The van der Waals surface area contributed by atoms with E-state index in [1.54, 1.807) is 6.07 Å². The summed E-state index contributed by atoms with van der Waals surface area (Å²) in [6.45, 7) is 3.71. The third kappa shape index (κ3) is 2.05. The highest BCUT2D eigenvalue weighted by molar-refractivity contribution is 7.93. The van der Waals surface area contributed by atoms with Crippen molar-refractivity contribution in [2.45, 2.75) is 36.3 Å². The minimum atomic E-state index is -4.00. The number of sulfone groups is 1. The Morgan fingerprint density at radius 3 is 2.21 bits per heavy atom. The molecule has 0 unspecified atom stereocenters. The molecule has 0 saturated heterocycles. The van der Waals surface area contributed by atoms with Crippen LogP contribution in [0.3, 0.4) is 0 Å². The molecule has 2 rings (SSSR count). The molecule has 1 fully saturated rings. The van der Waals surface area contributed by atoms with E-state index in [0.717, 1.165) is 0 Å². The van der Waals surface area contributed by atoms with Gasteiger partial charge in [0.1, 0.15) is 0 Å². The van der Waals surface area contributed by atoms with Gasteiger partial charge in [0.15, 0.2) is 14.6 Å². The smallest absolute Gasteiger partial charge is 0.325 e. The number of carboxylic acids is 1. The van der Waals surface area contributed by atoms with Crippen LogP contribution in [0.5, 0.6) is 0 Å². The summed E-state index contributed by atoms with van der Waals surface area (Å²) in [4.78, 5) is 11.4. The summed E-state index contributed by atoms with van der Waals surface area (Å²) in [5.74, 6) is -1.30. The first-order chi connectivity index (χ1) is 8.62. The molecule has 1 aliphatic rings. The minimum Gasteiger partial charge on any atom is -0.480 e. The molecule has 1 aromatic rings. The largest absolute Gasteiger partial charge is 0.480 e. The number of benzene rings is 1. The van der Waals surface area contributed by atoms with Gasteiger partial charge in [-0.1, -0.05) is 37.6 Å². The van der Waals surface area contributed by atoms with Crippen LogP contribution in [0.2, 0.25) is 5.02 Å². The van der Waals surface area contributed by atoms with Gasteiger partial charge in [-0.15, -0.1) is 0 Å². The highest BCUT2D eigenvalue weighted by atomic mass is 35.5. The lowest BCUT2D eigenvalue weighted by molar-refractivity contribution is -0.146. The fourth-order valence-corrected chi connectivity index (χ4v) is 5.66. The molecule has 19 heavy (non-hydrogen) atoms. The van der Waals surface area contributed by atoms with E-state index in [1.165, 1.54) is 18.2 Å². The first kappa shape index (κ1) is 14.3. The molecule has 0 atom stereocenters. The number of aliphatic carboxylic acids is 1. The van der Waals surface area contributed by atoms with E-state index >= 15 is 0 Å². The van der Waals surface area contributed by atoms with Crippen molar-refractivity contribution in [3.05, 3.63) is 29.3 Å². The van der Waals surface area contributed by atoms with E-state index in [9.17, 15) is 18.3 Å². The Balaban J connectivity index is 2.56. The van der Waals surface area contributed by atoms with Crippen molar-refractivity contribution in [1.29, 1.82) is 0 Å². The van der Waals surface area contributed by atoms with Crippen LogP contribution in [0.4, 0.5) is 0 Å². The molecular formula is C13H15ClO4S. The van der Waals surface area contributed by atoms with Gasteiger partial charge < -0.3 is 5.11 Å². The van der Waals surface area contributed by atoms with Gasteiger partial charge in [-0.2, -0.15) is 0 Å². The summed E-state index contributed by atoms with van der Waals surface area (Å²) < 4.78 is 23.5. The number of hydrogen-bond acceptors (Lipinski definition) is 3. The average molecular weight is 303 g/mol. The number of rotatable bonds is 3. The van der Waals surface area contributed by atoms with E-state index in [2.05, 4.69) is 0 Å². The molecule has 0 spiro atoms.